The Kier molecular flexibility index (Phi) is 3.30. The minimum Gasteiger partial charge on any atom is -0.506 e. The van der Waals surface area contributed by atoms with Gasteiger partial charge in [-0.3, -0.25) is 9.36 Å². The molecular weight excluding hydrogens is 270 g/mol. The van der Waals surface area contributed by atoms with Crippen LogP contribution in [0.15, 0.2) is 55.2 Å². The second-order valence-electron chi connectivity index (χ2n) is 4.24. The van der Waals surface area contributed by atoms with Crippen molar-refractivity contribution in [1.82, 2.24) is 19.7 Å². The summed E-state index contributed by atoms with van der Waals surface area (Å²) in [5.74, 6) is 0.206. The monoisotopic (exact) mass is 281 g/mol. The molecule has 0 radical (unpaired) electrons. The van der Waals surface area contributed by atoms with Crippen LogP contribution in [0, 0.1) is 0 Å². The van der Waals surface area contributed by atoms with E-state index in [4.69, 9.17) is 0 Å². The fraction of sp³-hybridized carbons (Fsp3) is 0. The van der Waals surface area contributed by atoms with E-state index in [1.54, 1.807) is 34.9 Å². The lowest BCUT2D eigenvalue weighted by atomic mass is 10.2. The Morgan fingerprint density at radius 2 is 1.90 bits per heavy atom. The van der Waals surface area contributed by atoms with Crippen molar-refractivity contribution in [1.29, 1.82) is 0 Å². The van der Waals surface area contributed by atoms with E-state index in [1.807, 2.05) is 0 Å². The first-order valence-electron chi connectivity index (χ1n) is 6.14. The number of benzene rings is 1. The van der Waals surface area contributed by atoms with Gasteiger partial charge in [0.05, 0.1) is 5.69 Å². The molecule has 0 saturated carbocycles. The maximum Gasteiger partial charge on any atom is 0.255 e. The van der Waals surface area contributed by atoms with Crippen molar-refractivity contribution >= 4 is 11.6 Å². The summed E-state index contributed by atoms with van der Waals surface area (Å²) in [6.07, 6.45) is 4.51. The number of nitrogens with zero attached hydrogens (tertiary/aromatic N) is 4. The minimum atomic E-state index is -0.340. The molecule has 2 aromatic heterocycles. The number of pyridine rings is 1. The molecule has 3 rings (SSSR count). The van der Waals surface area contributed by atoms with Gasteiger partial charge in [-0.25, -0.2) is 4.98 Å². The Bertz CT molecular complexity index is 771. The van der Waals surface area contributed by atoms with Crippen LogP contribution < -0.4 is 5.32 Å². The Balaban J connectivity index is 1.85. The van der Waals surface area contributed by atoms with Gasteiger partial charge in [0.2, 0.25) is 0 Å². The quantitative estimate of drug-likeness (QED) is 0.712. The summed E-state index contributed by atoms with van der Waals surface area (Å²) in [6.45, 7) is 0. The van der Waals surface area contributed by atoms with E-state index < -0.39 is 0 Å². The molecule has 7 heteroatoms. The van der Waals surface area contributed by atoms with Crippen molar-refractivity contribution < 1.29 is 9.90 Å². The zero-order valence-electron chi connectivity index (χ0n) is 10.8. The highest BCUT2D eigenvalue weighted by atomic mass is 16.3. The molecule has 2 heterocycles. The van der Waals surface area contributed by atoms with Crippen LogP contribution >= 0.6 is 0 Å². The van der Waals surface area contributed by atoms with Gasteiger partial charge >= 0.3 is 0 Å². The number of aromatic hydroxyl groups is 1. The van der Waals surface area contributed by atoms with Crippen LogP contribution in [0.1, 0.15) is 10.4 Å². The first kappa shape index (κ1) is 12.8. The number of hydrogen-bond donors (Lipinski definition) is 2. The molecule has 7 nitrogen and oxygen atoms in total. The molecule has 21 heavy (non-hydrogen) atoms. The van der Waals surface area contributed by atoms with Crippen LogP contribution in [0.25, 0.3) is 5.82 Å². The van der Waals surface area contributed by atoms with Crippen LogP contribution in [0.5, 0.6) is 5.75 Å². The van der Waals surface area contributed by atoms with E-state index in [-0.39, 0.29) is 11.7 Å². The van der Waals surface area contributed by atoms with Gasteiger partial charge in [0.15, 0.2) is 0 Å². The largest absolute Gasteiger partial charge is 0.506 e. The Morgan fingerprint density at radius 1 is 1.14 bits per heavy atom. The van der Waals surface area contributed by atoms with Gasteiger partial charge < -0.3 is 10.4 Å². The van der Waals surface area contributed by atoms with E-state index in [2.05, 4.69) is 20.5 Å². The lowest BCUT2D eigenvalue weighted by molar-refractivity contribution is 0.102. The Morgan fingerprint density at radius 3 is 2.67 bits per heavy atom. The van der Waals surface area contributed by atoms with Gasteiger partial charge in [-0.05, 0) is 24.3 Å². The highest BCUT2D eigenvalue weighted by Crippen LogP contribution is 2.22. The Labute approximate surface area is 119 Å². The highest BCUT2D eigenvalue weighted by Gasteiger charge is 2.10. The van der Waals surface area contributed by atoms with Gasteiger partial charge in [0.25, 0.3) is 5.91 Å². The van der Waals surface area contributed by atoms with Crippen molar-refractivity contribution in [2.75, 3.05) is 5.32 Å². The predicted molar refractivity (Wildman–Crippen MR) is 75.2 cm³/mol. The number of phenols is 1. The number of anilines is 1. The fourth-order valence-corrected chi connectivity index (χ4v) is 1.79. The first-order valence-corrected chi connectivity index (χ1v) is 6.14. The summed E-state index contributed by atoms with van der Waals surface area (Å²) < 4.78 is 1.59. The van der Waals surface area contributed by atoms with E-state index in [0.717, 1.165) is 0 Å². The summed E-state index contributed by atoms with van der Waals surface area (Å²) in [4.78, 5) is 16.3. The van der Waals surface area contributed by atoms with Gasteiger partial charge in [-0.1, -0.05) is 12.1 Å². The maximum absolute atomic E-state index is 12.2. The molecule has 1 aromatic carbocycles. The van der Waals surface area contributed by atoms with Crippen LogP contribution in [-0.4, -0.2) is 30.8 Å². The van der Waals surface area contributed by atoms with Gasteiger partial charge in [0, 0.05) is 11.8 Å². The number of para-hydroxylation sites is 2. The SMILES string of the molecule is O=C(Nc1ccccc1O)c1ccnc(-n2cnnc2)c1. The third-order valence-corrected chi connectivity index (χ3v) is 2.84. The molecule has 0 spiro atoms. The number of rotatable bonds is 3. The van der Waals surface area contributed by atoms with Crippen LogP contribution in [-0.2, 0) is 0 Å². The molecule has 2 N–H and O–H groups in total. The molecule has 0 aliphatic heterocycles. The second-order valence-corrected chi connectivity index (χ2v) is 4.24. The molecule has 0 aliphatic carbocycles. The predicted octanol–water partition coefficient (Wildman–Crippen LogP) is 1.62. The molecule has 104 valence electrons. The van der Waals surface area contributed by atoms with Crippen LogP contribution in [0.4, 0.5) is 5.69 Å². The molecular formula is C14H11N5O2. The zero-order chi connectivity index (χ0) is 14.7. The number of phenolic OH excluding ortho intramolecular Hbond substituents is 1. The third-order valence-electron chi connectivity index (χ3n) is 2.84. The average molecular weight is 281 g/mol. The normalized spacial score (nSPS) is 10.3. The lowest BCUT2D eigenvalue weighted by Crippen LogP contribution is -2.12. The molecule has 0 atom stereocenters. The first-order chi connectivity index (χ1) is 10.2. The number of hydrogen-bond acceptors (Lipinski definition) is 5. The van der Waals surface area contributed by atoms with E-state index >= 15 is 0 Å². The summed E-state index contributed by atoms with van der Waals surface area (Å²) in [7, 11) is 0. The molecule has 0 saturated heterocycles. The van der Waals surface area contributed by atoms with Gasteiger partial charge in [-0.2, -0.15) is 0 Å². The molecule has 0 bridgehead atoms. The fourth-order valence-electron chi connectivity index (χ4n) is 1.79. The summed E-state index contributed by atoms with van der Waals surface area (Å²) >= 11 is 0. The van der Waals surface area contributed by atoms with Crippen molar-refractivity contribution in [3.05, 3.63) is 60.8 Å². The number of carbonyl (C=O) groups excluding carboxylic acids is 1. The number of amides is 1. The second kappa shape index (κ2) is 5.41. The van der Waals surface area contributed by atoms with Crippen molar-refractivity contribution in [3.8, 4) is 11.6 Å². The molecule has 0 aliphatic rings. The summed E-state index contributed by atoms with van der Waals surface area (Å²) in [6, 6.07) is 9.73. The van der Waals surface area contributed by atoms with Crippen molar-refractivity contribution in [3.63, 3.8) is 0 Å². The van der Waals surface area contributed by atoms with E-state index in [1.165, 1.54) is 24.9 Å². The van der Waals surface area contributed by atoms with Crippen LogP contribution in [0.2, 0.25) is 0 Å². The lowest BCUT2D eigenvalue weighted by Gasteiger charge is -2.08. The van der Waals surface area contributed by atoms with Gasteiger partial charge in [0.1, 0.15) is 24.2 Å². The topological polar surface area (TPSA) is 92.9 Å². The maximum atomic E-state index is 12.2. The van der Waals surface area contributed by atoms with Crippen molar-refractivity contribution in [2.45, 2.75) is 0 Å². The summed E-state index contributed by atoms with van der Waals surface area (Å²) in [5.41, 5.74) is 0.766. The van der Waals surface area contributed by atoms with Crippen molar-refractivity contribution in [2.24, 2.45) is 0 Å². The highest BCUT2D eigenvalue weighted by molar-refractivity contribution is 6.05. The minimum absolute atomic E-state index is 0.0129. The van der Waals surface area contributed by atoms with Crippen LogP contribution in [0.3, 0.4) is 0 Å². The standard InChI is InChI=1S/C14H11N5O2/c20-12-4-2-1-3-11(12)18-14(21)10-5-6-15-13(7-10)19-8-16-17-9-19/h1-9,20H,(H,18,21). The average Bonchev–Trinajstić information content (AvgIpc) is 3.04. The molecule has 0 fully saturated rings. The molecule has 3 aromatic rings. The van der Waals surface area contributed by atoms with E-state index in [9.17, 15) is 9.90 Å². The molecule has 1 amide bonds. The Hall–Kier alpha value is -3.22. The number of carbonyl (C=O) groups is 1. The third kappa shape index (κ3) is 2.71. The zero-order valence-corrected chi connectivity index (χ0v) is 10.8. The molecule has 0 unspecified atom stereocenters. The smallest absolute Gasteiger partial charge is 0.255 e. The number of aromatic nitrogens is 4. The number of nitrogens with one attached hydrogen (secondary N) is 1. The summed E-state index contributed by atoms with van der Waals surface area (Å²) in [5, 5.41) is 19.7. The van der Waals surface area contributed by atoms with Gasteiger partial charge in [-0.15, -0.1) is 10.2 Å². The van der Waals surface area contributed by atoms with E-state index in [0.29, 0.717) is 17.1 Å².